The Kier molecular flexibility index (Phi) is 2.19. The SMILES string of the molecule is CC(=O)c1cc(O)ccc1N=O. The highest BCUT2D eigenvalue weighted by atomic mass is 16.3. The van der Waals surface area contributed by atoms with Crippen LogP contribution in [0.1, 0.15) is 17.3 Å². The second-order valence-electron chi connectivity index (χ2n) is 2.35. The Labute approximate surface area is 68.8 Å². The maximum Gasteiger partial charge on any atom is 0.162 e. The van der Waals surface area contributed by atoms with E-state index in [2.05, 4.69) is 5.18 Å². The maximum absolute atomic E-state index is 10.9. The smallest absolute Gasteiger partial charge is 0.162 e. The zero-order valence-corrected chi connectivity index (χ0v) is 6.44. The zero-order valence-electron chi connectivity index (χ0n) is 6.44. The summed E-state index contributed by atoms with van der Waals surface area (Å²) in [6.45, 7) is 1.31. The molecule has 1 rings (SSSR count). The fourth-order valence-corrected chi connectivity index (χ4v) is 0.886. The minimum absolute atomic E-state index is 0.0485. The Bertz CT molecular complexity index is 333. The molecule has 1 aromatic carbocycles. The number of Topliss-reactive ketones (excluding diaryl/α,β-unsaturated/α-hetero) is 1. The van der Waals surface area contributed by atoms with Gasteiger partial charge in [-0.2, -0.15) is 0 Å². The first kappa shape index (κ1) is 8.39. The minimum atomic E-state index is -0.291. The Morgan fingerprint density at radius 2 is 2.17 bits per heavy atom. The normalized spacial score (nSPS) is 9.42. The van der Waals surface area contributed by atoms with Gasteiger partial charge in [0.15, 0.2) is 5.78 Å². The van der Waals surface area contributed by atoms with Crippen molar-refractivity contribution in [2.24, 2.45) is 5.18 Å². The standard InChI is InChI=1S/C8H7NO3/c1-5(10)7-4-6(11)2-3-8(7)9-12/h2-4,11H,1H3. The van der Waals surface area contributed by atoms with Gasteiger partial charge in [0.1, 0.15) is 11.4 Å². The second kappa shape index (κ2) is 3.13. The van der Waals surface area contributed by atoms with E-state index in [9.17, 15) is 9.70 Å². The zero-order chi connectivity index (χ0) is 9.14. The fourth-order valence-electron chi connectivity index (χ4n) is 0.886. The number of carbonyl (C=O) groups excluding carboxylic acids is 1. The first-order valence-corrected chi connectivity index (χ1v) is 3.32. The van der Waals surface area contributed by atoms with Crippen molar-refractivity contribution in [2.75, 3.05) is 0 Å². The Hall–Kier alpha value is -1.71. The molecular weight excluding hydrogens is 158 g/mol. The summed E-state index contributed by atoms with van der Waals surface area (Å²) in [4.78, 5) is 21.0. The van der Waals surface area contributed by atoms with Gasteiger partial charge in [0, 0.05) is 0 Å². The van der Waals surface area contributed by atoms with Crippen molar-refractivity contribution in [1.82, 2.24) is 0 Å². The van der Waals surface area contributed by atoms with E-state index in [1.165, 1.54) is 25.1 Å². The quantitative estimate of drug-likeness (QED) is 0.538. The van der Waals surface area contributed by atoms with Crippen LogP contribution in [0, 0.1) is 4.91 Å². The molecule has 0 aliphatic heterocycles. The average molecular weight is 165 g/mol. The van der Waals surface area contributed by atoms with Crippen LogP contribution in [0.5, 0.6) is 5.75 Å². The topological polar surface area (TPSA) is 66.7 Å². The molecule has 4 heteroatoms. The molecule has 0 radical (unpaired) electrons. The van der Waals surface area contributed by atoms with Crippen molar-refractivity contribution in [2.45, 2.75) is 6.92 Å². The molecule has 4 nitrogen and oxygen atoms in total. The fraction of sp³-hybridized carbons (Fsp3) is 0.125. The molecule has 0 aliphatic carbocycles. The number of ketones is 1. The molecule has 0 aromatic heterocycles. The summed E-state index contributed by atoms with van der Waals surface area (Å²) >= 11 is 0. The average Bonchev–Trinajstić information content (AvgIpc) is 2.04. The maximum atomic E-state index is 10.9. The lowest BCUT2D eigenvalue weighted by molar-refractivity contribution is 0.101. The van der Waals surface area contributed by atoms with Crippen LogP contribution in [0.3, 0.4) is 0 Å². The lowest BCUT2D eigenvalue weighted by atomic mass is 10.1. The van der Waals surface area contributed by atoms with Gasteiger partial charge in [0.25, 0.3) is 0 Å². The highest BCUT2D eigenvalue weighted by Crippen LogP contribution is 2.23. The monoisotopic (exact) mass is 165 g/mol. The van der Waals surface area contributed by atoms with Crippen molar-refractivity contribution in [3.05, 3.63) is 28.7 Å². The van der Waals surface area contributed by atoms with Gasteiger partial charge in [-0.1, -0.05) is 0 Å². The van der Waals surface area contributed by atoms with Gasteiger partial charge in [0.2, 0.25) is 0 Å². The number of nitrogens with zero attached hydrogens (tertiary/aromatic N) is 1. The second-order valence-corrected chi connectivity index (χ2v) is 2.35. The molecule has 0 spiro atoms. The van der Waals surface area contributed by atoms with E-state index in [1.54, 1.807) is 0 Å². The number of hydrogen-bond acceptors (Lipinski definition) is 4. The molecule has 0 amide bonds. The number of nitroso groups, excluding NO2 is 1. The number of rotatable bonds is 2. The Morgan fingerprint density at radius 1 is 1.50 bits per heavy atom. The summed E-state index contributed by atoms with van der Waals surface area (Å²) in [6.07, 6.45) is 0. The summed E-state index contributed by atoms with van der Waals surface area (Å²) in [5.41, 5.74) is 0.199. The van der Waals surface area contributed by atoms with Gasteiger partial charge in [-0.05, 0) is 30.3 Å². The first-order valence-electron chi connectivity index (χ1n) is 3.32. The number of benzene rings is 1. The molecule has 0 bridgehead atoms. The van der Waals surface area contributed by atoms with Crippen molar-refractivity contribution < 1.29 is 9.90 Å². The van der Waals surface area contributed by atoms with Gasteiger partial charge < -0.3 is 5.11 Å². The van der Waals surface area contributed by atoms with E-state index in [0.717, 1.165) is 0 Å². The molecule has 0 unspecified atom stereocenters. The predicted molar refractivity (Wildman–Crippen MR) is 43.6 cm³/mol. The molecule has 0 heterocycles. The van der Waals surface area contributed by atoms with E-state index < -0.39 is 0 Å². The predicted octanol–water partition coefficient (Wildman–Crippen LogP) is 1.99. The van der Waals surface area contributed by atoms with Crippen LogP contribution in [0.4, 0.5) is 5.69 Å². The van der Waals surface area contributed by atoms with Crippen LogP contribution in [0.15, 0.2) is 23.4 Å². The highest BCUT2D eigenvalue weighted by Gasteiger charge is 2.07. The molecule has 12 heavy (non-hydrogen) atoms. The number of phenolic OH excluding ortho intramolecular Hbond substituents is 1. The number of hydrogen-bond donors (Lipinski definition) is 1. The van der Waals surface area contributed by atoms with Crippen molar-refractivity contribution in [3.63, 3.8) is 0 Å². The van der Waals surface area contributed by atoms with E-state index in [1.807, 2.05) is 0 Å². The lowest BCUT2D eigenvalue weighted by Gasteiger charge is -1.98. The van der Waals surface area contributed by atoms with E-state index in [4.69, 9.17) is 5.11 Å². The van der Waals surface area contributed by atoms with Crippen LogP contribution in [-0.4, -0.2) is 10.9 Å². The summed E-state index contributed by atoms with van der Waals surface area (Å²) in [5.74, 6) is -0.340. The lowest BCUT2D eigenvalue weighted by Crippen LogP contribution is -1.91. The molecule has 1 N–H and O–H groups in total. The Balaban J connectivity index is 3.30. The molecule has 0 saturated heterocycles. The van der Waals surface area contributed by atoms with Crippen molar-refractivity contribution >= 4 is 11.5 Å². The van der Waals surface area contributed by atoms with Gasteiger partial charge in [0.05, 0.1) is 5.56 Å². The third kappa shape index (κ3) is 1.47. The van der Waals surface area contributed by atoms with E-state index in [0.29, 0.717) is 0 Å². The number of aromatic hydroxyl groups is 1. The van der Waals surface area contributed by atoms with E-state index >= 15 is 0 Å². The highest BCUT2D eigenvalue weighted by molar-refractivity contribution is 5.99. The van der Waals surface area contributed by atoms with E-state index in [-0.39, 0.29) is 22.8 Å². The Morgan fingerprint density at radius 3 is 2.67 bits per heavy atom. The summed E-state index contributed by atoms with van der Waals surface area (Å²) in [5, 5.41) is 11.6. The largest absolute Gasteiger partial charge is 0.508 e. The molecule has 1 aromatic rings. The third-order valence-electron chi connectivity index (χ3n) is 1.46. The summed E-state index contributed by atoms with van der Waals surface area (Å²) in [7, 11) is 0. The molecule has 0 fully saturated rings. The molecule has 0 atom stereocenters. The van der Waals surface area contributed by atoms with Crippen LogP contribution >= 0.6 is 0 Å². The van der Waals surface area contributed by atoms with Crippen molar-refractivity contribution in [3.8, 4) is 5.75 Å². The van der Waals surface area contributed by atoms with Gasteiger partial charge in [-0.25, -0.2) is 0 Å². The summed E-state index contributed by atoms with van der Waals surface area (Å²) in [6, 6.07) is 3.83. The van der Waals surface area contributed by atoms with Gasteiger partial charge >= 0.3 is 0 Å². The molecule has 62 valence electrons. The van der Waals surface area contributed by atoms with Crippen LogP contribution < -0.4 is 0 Å². The van der Waals surface area contributed by atoms with Crippen LogP contribution in [-0.2, 0) is 0 Å². The molecule has 0 aliphatic rings. The first-order chi connectivity index (χ1) is 5.65. The molecular formula is C8H7NO3. The van der Waals surface area contributed by atoms with Crippen molar-refractivity contribution in [1.29, 1.82) is 0 Å². The number of phenols is 1. The summed E-state index contributed by atoms with van der Waals surface area (Å²) < 4.78 is 0. The third-order valence-corrected chi connectivity index (χ3v) is 1.46. The van der Waals surface area contributed by atoms with Crippen LogP contribution in [0.25, 0.3) is 0 Å². The van der Waals surface area contributed by atoms with Gasteiger partial charge in [-0.3, -0.25) is 4.79 Å². The minimum Gasteiger partial charge on any atom is -0.508 e. The van der Waals surface area contributed by atoms with Gasteiger partial charge in [-0.15, -0.1) is 4.91 Å². The number of carbonyl (C=O) groups is 1. The van der Waals surface area contributed by atoms with Crippen LogP contribution in [0.2, 0.25) is 0 Å². The molecule has 0 saturated carbocycles.